The molecule has 3 heterocycles. The Labute approximate surface area is 161 Å². The standard InChI is InChI=1S/C18H21FN6O3/c1-27-18(26)24-8-6-23(7-9-24)17-3-2-13(10-15(17)19)16-11-14(28-21-16)12-25-5-4-20-22-25/h2-5,10,14H,6-9,11-12H2,1H3. The van der Waals surface area contributed by atoms with Crippen molar-refractivity contribution in [1.29, 1.82) is 0 Å². The van der Waals surface area contributed by atoms with E-state index in [2.05, 4.69) is 15.5 Å². The van der Waals surface area contributed by atoms with Gasteiger partial charge in [-0.2, -0.15) is 0 Å². The van der Waals surface area contributed by atoms with Crippen molar-refractivity contribution < 1.29 is 18.8 Å². The van der Waals surface area contributed by atoms with Crippen LogP contribution in [0.25, 0.3) is 0 Å². The number of piperazine rings is 1. The first kappa shape index (κ1) is 18.2. The van der Waals surface area contributed by atoms with Gasteiger partial charge in [-0.05, 0) is 12.1 Å². The molecule has 1 saturated heterocycles. The molecule has 1 amide bonds. The number of aromatic nitrogens is 3. The molecule has 0 spiro atoms. The van der Waals surface area contributed by atoms with Gasteiger partial charge in [-0.25, -0.2) is 13.9 Å². The van der Waals surface area contributed by atoms with Crippen molar-refractivity contribution in [2.45, 2.75) is 19.1 Å². The summed E-state index contributed by atoms with van der Waals surface area (Å²) < 4.78 is 21.2. The van der Waals surface area contributed by atoms with Crippen molar-refractivity contribution in [2.24, 2.45) is 5.16 Å². The van der Waals surface area contributed by atoms with Gasteiger partial charge in [0, 0.05) is 44.4 Å². The van der Waals surface area contributed by atoms with E-state index in [1.54, 1.807) is 28.0 Å². The SMILES string of the molecule is COC(=O)N1CCN(c2ccc(C3=NOC(Cn4ccnn4)C3)cc2F)CC1. The predicted molar refractivity (Wildman–Crippen MR) is 98.6 cm³/mol. The fourth-order valence-corrected chi connectivity index (χ4v) is 3.44. The number of nitrogens with zero attached hydrogens (tertiary/aromatic N) is 6. The quantitative estimate of drug-likeness (QED) is 0.789. The molecule has 9 nitrogen and oxygen atoms in total. The van der Waals surface area contributed by atoms with Crippen molar-refractivity contribution in [3.63, 3.8) is 0 Å². The Morgan fingerprint density at radius 3 is 2.82 bits per heavy atom. The summed E-state index contributed by atoms with van der Waals surface area (Å²) in [5, 5.41) is 11.8. The van der Waals surface area contributed by atoms with E-state index >= 15 is 0 Å². The van der Waals surface area contributed by atoms with Crippen LogP contribution in [0.2, 0.25) is 0 Å². The van der Waals surface area contributed by atoms with Crippen LogP contribution in [0.5, 0.6) is 0 Å². The van der Waals surface area contributed by atoms with Crippen molar-refractivity contribution in [3.05, 3.63) is 42.0 Å². The van der Waals surface area contributed by atoms with Gasteiger partial charge in [0.05, 0.1) is 31.3 Å². The molecule has 1 unspecified atom stereocenters. The van der Waals surface area contributed by atoms with Crippen LogP contribution in [0.1, 0.15) is 12.0 Å². The van der Waals surface area contributed by atoms with Crippen LogP contribution in [0.4, 0.5) is 14.9 Å². The van der Waals surface area contributed by atoms with E-state index in [0.717, 1.165) is 0 Å². The molecule has 0 saturated carbocycles. The highest BCUT2D eigenvalue weighted by atomic mass is 19.1. The molecule has 4 rings (SSSR count). The smallest absolute Gasteiger partial charge is 0.409 e. The molecule has 2 aliphatic heterocycles. The molecule has 1 aromatic heterocycles. The minimum atomic E-state index is -0.352. The lowest BCUT2D eigenvalue weighted by Crippen LogP contribution is -2.49. The third-order valence-electron chi connectivity index (χ3n) is 4.93. The molecule has 2 aromatic rings. The molecule has 0 N–H and O–H groups in total. The number of anilines is 1. The Bertz CT molecular complexity index is 864. The third-order valence-corrected chi connectivity index (χ3v) is 4.93. The number of hydrogen-bond donors (Lipinski definition) is 0. The van der Waals surface area contributed by atoms with Gasteiger partial charge in [0.25, 0.3) is 0 Å². The highest BCUT2D eigenvalue weighted by Gasteiger charge is 2.26. The van der Waals surface area contributed by atoms with E-state index in [9.17, 15) is 9.18 Å². The molecule has 0 aliphatic carbocycles. The summed E-state index contributed by atoms with van der Waals surface area (Å²) in [6.07, 6.45) is 3.45. The van der Waals surface area contributed by atoms with Crippen LogP contribution in [-0.4, -0.2) is 71.1 Å². The Morgan fingerprint density at radius 2 is 2.14 bits per heavy atom. The minimum absolute atomic E-state index is 0.147. The second-order valence-corrected chi connectivity index (χ2v) is 6.70. The number of benzene rings is 1. The zero-order valence-electron chi connectivity index (χ0n) is 15.5. The van der Waals surface area contributed by atoms with Gasteiger partial charge in [-0.1, -0.05) is 16.4 Å². The second-order valence-electron chi connectivity index (χ2n) is 6.70. The molecule has 28 heavy (non-hydrogen) atoms. The van der Waals surface area contributed by atoms with Crippen LogP contribution in [-0.2, 0) is 16.1 Å². The fraction of sp³-hybridized carbons (Fsp3) is 0.444. The Balaban J connectivity index is 1.38. The van der Waals surface area contributed by atoms with Gasteiger partial charge in [0.15, 0.2) is 6.10 Å². The maximum atomic E-state index is 14.7. The highest BCUT2D eigenvalue weighted by molar-refractivity contribution is 6.01. The molecular formula is C18H21FN6O3. The van der Waals surface area contributed by atoms with E-state index in [-0.39, 0.29) is 18.0 Å². The average molecular weight is 388 g/mol. The Hall–Kier alpha value is -3.17. The van der Waals surface area contributed by atoms with Gasteiger partial charge in [0.1, 0.15) is 5.82 Å². The lowest BCUT2D eigenvalue weighted by molar-refractivity contribution is 0.0693. The Morgan fingerprint density at radius 1 is 1.32 bits per heavy atom. The summed E-state index contributed by atoms with van der Waals surface area (Å²) in [7, 11) is 1.36. The zero-order chi connectivity index (χ0) is 19.5. The summed E-state index contributed by atoms with van der Waals surface area (Å²) in [5.41, 5.74) is 1.94. The topological polar surface area (TPSA) is 85.1 Å². The van der Waals surface area contributed by atoms with Crippen LogP contribution in [0.3, 0.4) is 0 Å². The van der Waals surface area contributed by atoms with Gasteiger partial charge in [0.2, 0.25) is 0 Å². The predicted octanol–water partition coefficient (Wildman–Crippen LogP) is 1.50. The molecule has 1 aromatic carbocycles. The number of oxime groups is 1. The molecule has 10 heteroatoms. The minimum Gasteiger partial charge on any atom is -0.453 e. The van der Waals surface area contributed by atoms with Gasteiger partial charge in [-0.15, -0.1) is 5.10 Å². The van der Waals surface area contributed by atoms with E-state index in [1.165, 1.54) is 13.2 Å². The number of halogens is 1. The van der Waals surface area contributed by atoms with Crippen molar-refractivity contribution >= 4 is 17.5 Å². The molecule has 2 aliphatic rings. The number of ether oxygens (including phenoxy) is 1. The first-order valence-corrected chi connectivity index (χ1v) is 9.08. The number of hydrogen-bond acceptors (Lipinski definition) is 7. The summed E-state index contributed by atoms with van der Waals surface area (Å²) in [5.74, 6) is -0.313. The Kier molecular flexibility index (Phi) is 5.09. The van der Waals surface area contributed by atoms with Crippen LogP contribution in [0, 0.1) is 5.82 Å². The maximum absolute atomic E-state index is 14.7. The summed E-state index contributed by atoms with van der Waals surface area (Å²) in [6.45, 7) is 2.64. The number of carbonyl (C=O) groups is 1. The lowest BCUT2D eigenvalue weighted by Gasteiger charge is -2.35. The van der Waals surface area contributed by atoms with Crippen LogP contribution >= 0.6 is 0 Å². The summed E-state index contributed by atoms with van der Waals surface area (Å²) >= 11 is 0. The van der Waals surface area contributed by atoms with Crippen LogP contribution in [0.15, 0.2) is 35.7 Å². The second kappa shape index (κ2) is 7.83. The number of carbonyl (C=O) groups excluding carboxylic acids is 1. The lowest BCUT2D eigenvalue weighted by atomic mass is 10.0. The summed E-state index contributed by atoms with van der Waals surface area (Å²) in [4.78, 5) is 20.6. The molecule has 0 bridgehead atoms. The monoisotopic (exact) mass is 388 g/mol. The first-order chi connectivity index (χ1) is 13.6. The van der Waals surface area contributed by atoms with Crippen LogP contribution < -0.4 is 4.90 Å². The van der Waals surface area contributed by atoms with E-state index < -0.39 is 0 Å². The summed E-state index contributed by atoms with van der Waals surface area (Å²) in [6, 6.07) is 5.10. The number of rotatable bonds is 4. The maximum Gasteiger partial charge on any atom is 0.409 e. The molecule has 1 fully saturated rings. The highest BCUT2D eigenvalue weighted by Crippen LogP contribution is 2.25. The normalized spacial score (nSPS) is 19.4. The fourth-order valence-electron chi connectivity index (χ4n) is 3.44. The van der Waals surface area contributed by atoms with E-state index in [1.807, 2.05) is 11.0 Å². The molecular weight excluding hydrogens is 367 g/mol. The number of methoxy groups -OCH3 is 1. The number of amides is 1. The third kappa shape index (κ3) is 3.75. The van der Waals surface area contributed by atoms with Crippen molar-refractivity contribution in [2.75, 3.05) is 38.2 Å². The molecule has 0 radical (unpaired) electrons. The van der Waals surface area contributed by atoms with Gasteiger partial charge < -0.3 is 19.4 Å². The van der Waals surface area contributed by atoms with E-state index in [4.69, 9.17) is 9.57 Å². The van der Waals surface area contributed by atoms with Gasteiger partial charge in [-0.3, -0.25) is 0 Å². The molecule has 1 atom stereocenters. The van der Waals surface area contributed by atoms with Crippen molar-refractivity contribution in [1.82, 2.24) is 19.9 Å². The molecule has 148 valence electrons. The zero-order valence-corrected chi connectivity index (χ0v) is 15.5. The average Bonchev–Trinajstić information content (AvgIpc) is 3.40. The van der Waals surface area contributed by atoms with E-state index in [0.29, 0.717) is 56.1 Å². The largest absolute Gasteiger partial charge is 0.453 e. The van der Waals surface area contributed by atoms with Gasteiger partial charge >= 0.3 is 6.09 Å². The first-order valence-electron chi connectivity index (χ1n) is 9.08. The van der Waals surface area contributed by atoms with Crippen molar-refractivity contribution in [3.8, 4) is 0 Å².